The molecule has 0 aliphatic heterocycles. The fraction of sp³-hybridized carbons (Fsp3) is 0.522. The molecular weight excluding hydrogens is 320 g/mol. The molecule has 3 heteroatoms. The molecule has 1 atom stereocenters. The van der Waals surface area contributed by atoms with Crippen LogP contribution in [-0.4, -0.2) is 21.4 Å². The summed E-state index contributed by atoms with van der Waals surface area (Å²) >= 11 is 0. The maximum Gasteiger partial charge on any atom is 0.223 e. The molecule has 142 valence electrons. The van der Waals surface area contributed by atoms with Gasteiger partial charge in [-0.3, -0.25) is 4.79 Å². The molecule has 0 spiro atoms. The minimum Gasteiger partial charge on any atom is -0.345 e. The fourth-order valence-corrected chi connectivity index (χ4v) is 3.08. The molecule has 1 aromatic carbocycles. The lowest BCUT2D eigenvalue weighted by molar-refractivity contribution is -0.136. The van der Waals surface area contributed by atoms with Gasteiger partial charge in [-0.2, -0.15) is 0 Å². The third-order valence-corrected chi connectivity index (χ3v) is 4.91. The monoisotopic (exact) mass is 354 g/mol. The van der Waals surface area contributed by atoms with Gasteiger partial charge in [-0.05, 0) is 36.0 Å². The van der Waals surface area contributed by atoms with Crippen molar-refractivity contribution in [3.05, 3.63) is 59.9 Å². The van der Waals surface area contributed by atoms with Crippen LogP contribution in [0.2, 0.25) is 0 Å². The number of rotatable bonds is 7. The van der Waals surface area contributed by atoms with Gasteiger partial charge in [-0.1, -0.05) is 65.0 Å². The molecule has 0 aliphatic carbocycles. The summed E-state index contributed by atoms with van der Waals surface area (Å²) in [6.45, 7) is 14.4. The first-order valence-electron chi connectivity index (χ1n) is 9.65. The Bertz CT molecular complexity index is 694. The molecule has 0 fully saturated rings. The van der Waals surface area contributed by atoms with E-state index in [0.717, 1.165) is 6.54 Å². The van der Waals surface area contributed by atoms with E-state index in [1.54, 1.807) is 0 Å². The molecule has 2 aromatic rings. The molecule has 0 saturated carbocycles. The van der Waals surface area contributed by atoms with Gasteiger partial charge in [0.05, 0.1) is 6.54 Å². The van der Waals surface area contributed by atoms with Crippen molar-refractivity contribution in [2.75, 3.05) is 0 Å². The third kappa shape index (κ3) is 5.76. The smallest absolute Gasteiger partial charge is 0.223 e. The largest absolute Gasteiger partial charge is 0.345 e. The average molecular weight is 355 g/mol. The molecule has 0 aliphatic rings. The van der Waals surface area contributed by atoms with E-state index >= 15 is 0 Å². The first-order chi connectivity index (χ1) is 12.2. The lowest BCUT2D eigenvalue weighted by Crippen LogP contribution is -2.42. The maximum atomic E-state index is 13.0. The normalized spacial score (nSPS) is 13.0. The molecule has 1 heterocycles. The molecule has 1 aromatic heterocycles. The molecule has 0 bridgehead atoms. The Kier molecular flexibility index (Phi) is 6.69. The summed E-state index contributed by atoms with van der Waals surface area (Å²) in [7, 11) is 0. The van der Waals surface area contributed by atoms with Crippen molar-refractivity contribution in [3.8, 4) is 0 Å². The van der Waals surface area contributed by atoms with Crippen LogP contribution in [0.3, 0.4) is 0 Å². The van der Waals surface area contributed by atoms with Crippen LogP contribution in [-0.2, 0) is 17.9 Å². The van der Waals surface area contributed by atoms with Crippen LogP contribution in [0.25, 0.3) is 0 Å². The van der Waals surface area contributed by atoms with E-state index < -0.39 is 0 Å². The SMILES string of the molecule is CC(C)C(C)N(Cc1cccn1Cc1ccccc1)C(=O)CC(C)(C)C. The Labute approximate surface area is 159 Å². The first-order valence-corrected chi connectivity index (χ1v) is 9.65. The van der Waals surface area contributed by atoms with E-state index in [4.69, 9.17) is 0 Å². The Balaban J connectivity index is 2.20. The topological polar surface area (TPSA) is 25.2 Å². The highest BCUT2D eigenvalue weighted by atomic mass is 16.2. The van der Waals surface area contributed by atoms with Crippen LogP contribution < -0.4 is 0 Å². The highest BCUT2D eigenvalue weighted by molar-refractivity contribution is 5.77. The average Bonchev–Trinajstić information content (AvgIpc) is 2.98. The zero-order valence-corrected chi connectivity index (χ0v) is 17.2. The lowest BCUT2D eigenvalue weighted by Gasteiger charge is -2.34. The van der Waals surface area contributed by atoms with Crippen LogP contribution in [0.4, 0.5) is 0 Å². The number of nitrogens with zero attached hydrogens (tertiary/aromatic N) is 2. The zero-order chi connectivity index (χ0) is 19.3. The number of aromatic nitrogens is 1. The second kappa shape index (κ2) is 8.57. The highest BCUT2D eigenvalue weighted by Gasteiger charge is 2.27. The van der Waals surface area contributed by atoms with Crippen LogP contribution in [0.1, 0.15) is 59.2 Å². The molecule has 0 radical (unpaired) electrons. The van der Waals surface area contributed by atoms with Gasteiger partial charge in [0.15, 0.2) is 0 Å². The van der Waals surface area contributed by atoms with Gasteiger partial charge >= 0.3 is 0 Å². The standard InChI is InChI=1S/C23H34N2O/c1-18(2)19(3)25(22(26)15-23(4,5)6)17-21-13-10-14-24(21)16-20-11-8-7-9-12-20/h7-14,18-19H,15-17H2,1-6H3. The highest BCUT2D eigenvalue weighted by Crippen LogP contribution is 2.24. The van der Waals surface area contributed by atoms with Crippen molar-refractivity contribution in [2.24, 2.45) is 11.3 Å². The predicted octanol–water partition coefficient (Wildman–Crippen LogP) is 5.35. The summed E-state index contributed by atoms with van der Waals surface area (Å²) in [6, 6.07) is 14.9. The van der Waals surface area contributed by atoms with E-state index in [0.29, 0.717) is 18.9 Å². The first kappa shape index (κ1) is 20.3. The van der Waals surface area contributed by atoms with E-state index in [9.17, 15) is 4.79 Å². The molecule has 0 saturated heterocycles. The lowest BCUT2D eigenvalue weighted by atomic mass is 9.91. The molecule has 1 unspecified atom stereocenters. The van der Waals surface area contributed by atoms with E-state index in [2.05, 4.69) is 93.6 Å². The van der Waals surface area contributed by atoms with Crippen molar-refractivity contribution in [1.82, 2.24) is 9.47 Å². The van der Waals surface area contributed by atoms with E-state index in [-0.39, 0.29) is 17.4 Å². The molecule has 2 rings (SSSR count). The molecule has 0 N–H and O–H groups in total. The van der Waals surface area contributed by atoms with Gasteiger partial charge in [-0.15, -0.1) is 0 Å². The number of hydrogen-bond acceptors (Lipinski definition) is 1. The van der Waals surface area contributed by atoms with Crippen LogP contribution in [0.5, 0.6) is 0 Å². The number of hydrogen-bond donors (Lipinski definition) is 0. The van der Waals surface area contributed by atoms with Crippen LogP contribution >= 0.6 is 0 Å². The third-order valence-electron chi connectivity index (χ3n) is 4.91. The second-order valence-corrected chi connectivity index (χ2v) is 8.86. The number of carbonyl (C=O) groups is 1. The summed E-state index contributed by atoms with van der Waals surface area (Å²) in [4.78, 5) is 15.1. The van der Waals surface area contributed by atoms with Crippen molar-refractivity contribution in [1.29, 1.82) is 0 Å². The quantitative estimate of drug-likeness (QED) is 0.658. The summed E-state index contributed by atoms with van der Waals surface area (Å²) in [5.41, 5.74) is 2.45. The number of carbonyl (C=O) groups excluding carboxylic acids is 1. The van der Waals surface area contributed by atoms with E-state index in [1.165, 1.54) is 11.3 Å². The van der Waals surface area contributed by atoms with Crippen molar-refractivity contribution < 1.29 is 4.79 Å². The minimum atomic E-state index is -0.00192. The summed E-state index contributed by atoms with van der Waals surface area (Å²) < 4.78 is 2.25. The molecule has 26 heavy (non-hydrogen) atoms. The van der Waals surface area contributed by atoms with Crippen molar-refractivity contribution in [2.45, 2.75) is 67.1 Å². The maximum absolute atomic E-state index is 13.0. The molecule has 1 amide bonds. The number of benzene rings is 1. The minimum absolute atomic E-state index is 0.00192. The Morgan fingerprint density at radius 3 is 2.27 bits per heavy atom. The van der Waals surface area contributed by atoms with E-state index in [1.807, 2.05) is 6.07 Å². The van der Waals surface area contributed by atoms with Gasteiger partial charge in [0.2, 0.25) is 5.91 Å². The molecular formula is C23H34N2O. The summed E-state index contributed by atoms with van der Waals surface area (Å²) in [5, 5.41) is 0. The van der Waals surface area contributed by atoms with Gasteiger partial charge in [0.1, 0.15) is 0 Å². The number of amides is 1. The Hall–Kier alpha value is -2.03. The molecule has 3 nitrogen and oxygen atoms in total. The predicted molar refractivity (Wildman–Crippen MR) is 109 cm³/mol. The Morgan fingerprint density at radius 2 is 1.69 bits per heavy atom. The van der Waals surface area contributed by atoms with Gasteiger partial charge < -0.3 is 9.47 Å². The van der Waals surface area contributed by atoms with Gasteiger partial charge in [0.25, 0.3) is 0 Å². The zero-order valence-electron chi connectivity index (χ0n) is 17.2. The van der Waals surface area contributed by atoms with Gasteiger partial charge in [0, 0.05) is 30.9 Å². The fourth-order valence-electron chi connectivity index (χ4n) is 3.08. The van der Waals surface area contributed by atoms with Crippen molar-refractivity contribution in [3.63, 3.8) is 0 Å². The summed E-state index contributed by atoms with van der Waals surface area (Å²) in [5.74, 6) is 0.669. The summed E-state index contributed by atoms with van der Waals surface area (Å²) in [6.07, 6.45) is 2.68. The Morgan fingerprint density at radius 1 is 1.04 bits per heavy atom. The van der Waals surface area contributed by atoms with Crippen LogP contribution in [0.15, 0.2) is 48.7 Å². The second-order valence-electron chi connectivity index (χ2n) is 8.86. The van der Waals surface area contributed by atoms with Crippen LogP contribution in [0, 0.1) is 11.3 Å². The van der Waals surface area contributed by atoms with Gasteiger partial charge in [-0.25, -0.2) is 0 Å². The van der Waals surface area contributed by atoms with Crippen molar-refractivity contribution >= 4 is 5.91 Å².